The molecule has 6 heteroatoms. The Labute approximate surface area is 103 Å². The van der Waals surface area contributed by atoms with Gasteiger partial charge in [0.1, 0.15) is 5.82 Å². The van der Waals surface area contributed by atoms with Gasteiger partial charge < -0.3 is 9.88 Å². The minimum Gasteiger partial charge on any atom is -0.308 e. The van der Waals surface area contributed by atoms with Crippen LogP contribution in [0.1, 0.15) is 18.8 Å². The second kappa shape index (κ2) is 4.13. The summed E-state index contributed by atoms with van der Waals surface area (Å²) >= 11 is 0. The van der Waals surface area contributed by atoms with Gasteiger partial charge in [-0.1, -0.05) is 0 Å². The fourth-order valence-corrected chi connectivity index (χ4v) is 2.19. The molecule has 0 spiro atoms. The fourth-order valence-electron chi connectivity index (χ4n) is 2.19. The zero-order chi connectivity index (χ0) is 12.7. The molecule has 0 fully saturated rings. The summed E-state index contributed by atoms with van der Waals surface area (Å²) in [6.07, 6.45) is 0. The smallest absolute Gasteiger partial charge is 0.164 e. The lowest BCUT2D eigenvalue weighted by atomic mass is 10.2. The van der Waals surface area contributed by atoms with Gasteiger partial charge in [-0.2, -0.15) is 0 Å². The molecule has 94 valence electrons. The lowest BCUT2D eigenvalue weighted by Crippen LogP contribution is -2.32. The van der Waals surface area contributed by atoms with Crippen molar-refractivity contribution in [2.75, 3.05) is 6.54 Å². The first-order valence-electron chi connectivity index (χ1n) is 5.78. The standard InChI is InChI=1S/C12H12F2N4/c1-7-11-16-17-12(18(11)5-4-15-7)8-2-3-9(13)10(14)6-8/h2-3,6-7,15H,4-5H2,1H3. The third-order valence-corrected chi connectivity index (χ3v) is 3.13. The molecule has 1 aromatic heterocycles. The van der Waals surface area contributed by atoms with Crippen LogP contribution in [0, 0.1) is 11.6 Å². The van der Waals surface area contributed by atoms with E-state index in [1.165, 1.54) is 6.07 Å². The average molecular weight is 250 g/mol. The molecule has 2 aromatic rings. The Bertz CT molecular complexity index is 594. The van der Waals surface area contributed by atoms with Crippen LogP contribution in [0.5, 0.6) is 0 Å². The third kappa shape index (κ3) is 1.69. The summed E-state index contributed by atoms with van der Waals surface area (Å²) in [5.41, 5.74) is 0.543. The second-order valence-electron chi connectivity index (χ2n) is 4.34. The van der Waals surface area contributed by atoms with Gasteiger partial charge in [-0.25, -0.2) is 8.78 Å². The number of halogens is 2. The normalized spacial score (nSPS) is 18.7. The van der Waals surface area contributed by atoms with Gasteiger partial charge in [-0.3, -0.25) is 0 Å². The molecule has 0 bridgehead atoms. The first-order valence-corrected chi connectivity index (χ1v) is 5.78. The van der Waals surface area contributed by atoms with Crippen molar-refractivity contribution in [1.29, 1.82) is 0 Å². The van der Waals surface area contributed by atoms with Crippen molar-refractivity contribution in [3.63, 3.8) is 0 Å². The van der Waals surface area contributed by atoms with Crippen LogP contribution in [0.4, 0.5) is 8.78 Å². The largest absolute Gasteiger partial charge is 0.308 e. The van der Waals surface area contributed by atoms with Crippen LogP contribution in [-0.4, -0.2) is 21.3 Å². The molecule has 3 rings (SSSR count). The van der Waals surface area contributed by atoms with Crippen molar-refractivity contribution in [2.45, 2.75) is 19.5 Å². The first kappa shape index (κ1) is 11.3. The summed E-state index contributed by atoms with van der Waals surface area (Å²) in [5, 5.41) is 11.4. The maximum Gasteiger partial charge on any atom is 0.164 e. The zero-order valence-corrected chi connectivity index (χ0v) is 9.82. The Morgan fingerprint density at radius 3 is 2.89 bits per heavy atom. The molecule has 0 aliphatic carbocycles. The topological polar surface area (TPSA) is 42.7 Å². The number of rotatable bonds is 1. The summed E-state index contributed by atoms with van der Waals surface area (Å²) < 4.78 is 28.1. The van der Waals surface area contributed by atoms with Crippen LogP contribution in [0.3, 0.4) is 0 Å². The van der Waals surface area contributed by atoms with Gasteiger partial charge in [0, 0.05) is 18.7 Å². The lowest BCUT2D eigenvalue weighted by molar-refractivity contribution is 0.439. The van der Waals surface area contributed by atoms with Crippen LogP contribution in [0.15, 0.2) is 18.2 Å². The number of nitrogens with one attached hydrogen (secondary N) is 1. The Morgan fingerprint density at radius 2 is 2.11 bits per heavy atom. The second-order valence-corrected chi connectivity index (χ2v) is 4.34. The van der Waals surface area contributed by atoms with E-state index in [2.05, 4.69) is 15.5 Å². The highest BCUT2D eigenvalue weighted by Crippen LogP contribution is 2.24. The van der Waals surface area contributed by atoms with E-state index in [1.807, 2.05) is 11.5 Å². The van der Waals surface area contributed by atoms with Crippen molar-refractivity contribution >= 4 is 0 Å². The molecular formula is C12H12F2N4. The number of hydrogen-bond acceptors (Lipinski definition) is 3. The van der Waals surface area contributed by atoms with Gasteiger partial charge in [0.05, 0.1) is 6.04 Å². The lowest BCUT2D eigenvalue weighted by Gasteiger charge is -2.21. The molecule has 0 radical (unpaired) electrons. The van der Waals surface area contributed by atoms with E-state index in [-0.39, 0.29) is 6.04 Å². The van der Waals surface area contributed by atoms with E-state index in [0.29, 0.717) is 11.4 Å². The SMILES string of the molecule is CC1NCCn2c(-c3ccc(F)c(F)c3)nnc21. The van der Waals surface area contributed by atoms with Gasteiger partial charge in [-0.05, 0) is 25.1 Å². The molecule has 1 aliphatic heterocycles. The molecular weight excluding hydrogens is 238 g/mol. The summed E-state index contributed by atoms with van der Waals surface area (Å²) in [4.78, 5) is 0. The zero-order valence-electron chi connectivity index (χ0n) is 9.82. The van der Waals surface area contributed by atoms with Crippen molar-refractivity contribution in [3.8, 4) is 11.4 Å². The minimum atomic E-state index is -0.869. The molecule has 0 saturated heterocycles. The molecule has 4 nitrogen and oxygen atoms in total. The van der Waals surface area contributed by atoms with Crippen molar-refractivity contribution in [2.24, 2.45) is 0 Å². The number of aromatic nitrogens is 3. The quantitative estimate of drug-likeness (QED) is 0.840. The average Bonchev–Trinajstić information content (AvgIpc) is 2.78. The third-order valence-electron chi connectivity index (χ3n) is 3.13. The Balaban J connectivity index is 2.09. The van der Waals surface area contributed by atoms with E-state index in [1.54, 1.807) is 0 Å². The summed E-state index contributed by atoms with van der Waals surface area (Å²) in [6, 6.07) is 3.89. The minimum absolute atomic E-state index is 0.116. The van der Waals surface area contributed by atoms with Crippen LogP contribution in [0.2, 0.25) is 0 Å². The monoisotopic (exact) mass is 250 g/mol. The van der Waals surface area contributed by atoms with E-state index in [4.69, 9.17) is 0 Å². The summed E-state index contributed by atoms with van der Waals surface area (Å²) in [7, 11) is 0. The summed E-state index contributed by atoms with van der Waals surface area (Å²) in [6.45, 7) is 3.53. The van der Waals surface area contributed by atoms with E-state index >= 15 is 0 Å². The van der Waals surface area contributed by atoms with Crippen molar-refractivity contribution in [1.82, 2.24) is 20.1 Å². The van der Waals surface area contributed by atoms with Crippen LogP contribution in [0.25, 0.3) is 11.4 Å². The number of hydrogen-bond donors (Lipinski definition) is 1. The Morgan fingerprint density at radius 1 is 1.28 bits per heavy atom. The van der Waals surface area contributed by atoms with E-state index in [9.17, 15) is 8.78 Å². The highest BCUT2D eigenvalue weighted by Gasteiger charge is 2.22. The van der Waals surface area contributed by atoms with Gasteiger partial charge in [0.15, 0.2) is 17.5 Å². The highest BCUT2D eigenvalue weighted by atomic mass is 19.2. The molecule has 1 unspecified atom stereocenters. The van der Waals surface area contributed by atoms with Crippen LogP contribution >= 0.6 is 0 Å². The van der Waals surface area contributed by atoms with Gasteiger partial charge >= 0.3 is 0 Å². The first-order chi connectivity index (χ1) is 8.66. The van der Waals surface area contributed by atoms with Gasteiger partial charge in [0.2, 0.25) is 0 Å². The predicted molar refractivity (Wildman–Crippen MR) is 61.8 cm³/mol. The van der Waals surface area contributed by atoms with Crippen molar-refractivity contribution < 1.29 is 8.78 Å². The summed E-state index contributed by atoms with van der Waals surface area (Å²) in [5.74, 6) is -0.322. The Hall–Kier alpha value is -1.82. The van der Waals surface area contributed by atoms with E-state index in [0.717, 1.165) is 31.0 Å². The maximum atomic E-state index is 13.2. The number of fused-ring (bicyclic) bond motifs is 1. The highest BCUT2D eigenvalue weighted by molar-refractivity contribution is 5.55. The molecule has 1 aliphatic rings. The molecule has 18 heavy (non-hydrogen) atoms. The maximum absolute atomic E-state index is 13.2. The van der Waals surface area contributed by atoms with Gasteiger partial charge in [0.25, 0.3) is 0 Å². The molecule has 1 atom stereocenters. The Kier molecular flexibility index (Phi) is 2.59. The molecule has 2 heterocycles. The van der Waals surface area contributed by atoms with Crippen LogP contribution in [-0.2, 0) is 6.54 Å². The number of nitrogens with zero attached hydrogens (tertiary/aromatic N) is 3. The van der Waals surface area contributed by atoms with E-state index < -0.39 is 11.6 Å². The molecule has 0 saturated carbocycles. The van der Waals surface area contributed by atoms with Crippen LogP contribution < -0.4 is 5.32 Å². The molecule has 1 N–H and O–H groups in total. The molecule has 0 amide bonds. The van der Waals surface area contributed by atoms with Crippen molar-refractivity contribution in [3.05, 3.63) is 35.7 Å². The predicted octanol–water partition coefficient (Wildman–Crippen LogP) is 1.89. The number of benzene rings is 1. The fraction of sp³-hybridized carbons (Fsp3) is 0.333. The van der Waals surface area contributed by atoms with Gasteiger partial charge in [-0.15, -0.1) is 10.2 Å². The molecule has 1 aromatic carbocycles.